The van der Waals surface area contributed by atoms with Crippen molar-refractivity contribution in [2.24, 2.45) is 5.92 Å². The number of benzene rings is 3. The van der Waals surface area contributed by atoms with Crippen LogP contribution in [0.4, 0.5) is 0 Å². The average molecular weight is 407 g/mol. The summed E-state index contributed by atoms with van der Waals surface area (Å²) < 4.78 is 4.97. The molecule has 0 spiro atoms. The Morgan fingerprint density at radius 3 is 1.59 bits per heavy atom. The van der Waals surface area contributed by atoms with E-state index in [1.165, 1.54) is 7.11 Å². The van der Waals surface area contributed by atoms with Crippen LogP contribution >= 0.6 is 11.6 Å². The lowest BCUT2D eigenvalue weighted by Crippen LogP contribution is -2.35. The molecule has 5 heteroatoms. The van der Waals surface area contributed by atoms with Gasteiger partial charge in [0.1, 0.15) is 5.92 Å². The molecule has 0 radical (unpaired) electrons. The number of carbonyl (C=O) groups is 3. The highest BCUT2D eigenvalue weighted by molar-refractivity contribution is 6.30. The largest absolute Gasteiger partial charge is 0.469 e. The van der Waals surface area contributed by atoms with E-state index in [0.29, 0.717) is 21.7 Å². The van der Waals surface area contributed by atoms with Gasteiger partial charge < -0.3 is 4.74 Å². The van der Waals surface area contributed by atoms with Crippen LogP contribution in [0.15, 0.2) is 84.9 Å². The first-order valence-electron chi connectivity index (χ1n) is 9.04. The zero-order chi connectivity index (χ0) is 20.8. The molecule has 0 N–H and O–H groups in total. The van der Waals surface area contributed by atoms with Gasteiger partial charge >= 0.3 is 5.97 Å². The number of halogens is 1. The molecule has 0 saturated heterocycles. The van der Waals surface area contributed by atoms with Crippen LogP contribution in [0.25, 0.3) is 0 Å². The van der Waals surface area contributed by atoms with Crippen molar-refractivity contribution < 1.29 is 19.1 Å². The van der Waals surface area contributed by atoms with Crippen LogP contribution in [-0.4, -0.2) is 24.6 Å². The van der Waals surface area contributed by atoms with Gasteiger partial charge in [-0.05, 0) is 17.7 Å². The van der Waals surface area contributed by atoms with Crippen LogP contribution < -0.4 is 0 Å². The number of hydrogen-bond donors (Lipinski definition) is 0. The number of rotatable bonds is 7. The molecule has 0 aliphatic rings. The molecule has 3 rings (SSSR count). The SMILES string of the molecule is COC(=O)C(c1ccc(Cl)cc1)C(C(=O)c1ccccc1)C(=O)c1ccccc1. The van der Waals surface area contributed by atoms with Gasteiger partial charge in [0.15, 0.2) is 11.6 Å². The molecule has 0 aliphatic heterocycles. The number of ether oxygens (including phenoxy) is 1. The highest BCUT2D eigenvalue weighted by Gasteiger charge is 2.41. The van der Waals surface area contributed by atoms with E-state index < -0.39 is 29.4 Å². The van der Waals surface area contributed by atoms with Gasteiger partial charge in [-0.2, -0.15) is 0 Å². The van der Waals surface area contributed by atoms with Crippen LogP contribution in [0.1, 0.15) is 32.2 Å². The average Bonchev–Trinajstić information content (AvgIpc) is 2.78. The second-order valence-corrected chi connectivity index (χ2v) is 6.93. The van der Waals surface area contributed by atoms with Crippen molar-refractivity contribution in [1.82, 2.24) is 0 Å². The Balaban J connectivity index is 2.15. The summed E-state index contributed by atoms with van der Waals surface area (Å²) in [6, 6.07) is 23.4. The quantitative estimate of drug-likeness (QED) is 0.315. The summed E-state index contributed by atoms with van der Waals surface area (Å²) in [5.41, 5.74) is 1.19. The molecule has 1 unspecified atom stereocenters. The molecule has 3 aromatic rings. The Morgan fingerprint density at radius 2 is 1.17 bits per heavy atom. The second kappa shape index (κ2) is 9.30. The fraction of sp³-hybridized carbons (Fsp3) is 0.125. The van der Waals surface area contributed by atoms with E-state index in [4.69, 9.17) is 16.3 Å². The van der Waals surface area contributed by atoms with E-state index in [9.17, 15) is 14.4 Å². The zero-order valence-electron chi connectivity index (χ0n) is 15.7. The van der Waals surface area contributed by atoms with Gasteiger partial charge in [-0.3, -0.25) is 14.4 Å². The molecular formula is C24H19ClO4. The Kier molecular flexibility index (Phi) is 6.57. The van der Waals surface area contributed by atoms with Crippen molar-refractivity contribution in [3.05, 3.63) is 107 Å². The van der Waals surface area contributed by atoms with Gasteiger partial charge in [-0.15, -0.1) is 0 Å². The van der Waals surface area contributed by atoms with E-state index in [1.54, 1.807) is 84.9 Å². The van der Waals surface area contributed by atoms with E-state index in [-0.39, 0.29) is 0 Å². The van der Waals surface area contributed by atoms with Crippen molar-refractivity contribution >= 4 is 29.1 Å². The number of ketones is 2. The van der Waals surface area contributed by atoms with Gasteiger partial charge in [0.25, 0.3) is 0 Å². The molecule has 0 fully saturated rings. The molecule has 4 nitrogen and oxygen atoms in total. The standard InChI is InChI=1S/C24H19ClO4/c1-29-24(28)20(16-12-14-19(25)15-13-16)21(22(26)17-8-4-2-5-9-17)23(27)18-10-6-3-7-11-18/h2-15,20-21H,1H3. The lowest BCUT2D eigenvalue weighted by Gasteiger charge is -2.24. The molecule has 0 saturated carbocycles. The van der Waals surface area contributed by atoms with Crippen molar-refractivity contribution in [2.45, 2.75) is 5.92 Å². The van der Waals surface area contributed by atoms with E-state index in [2.05, 4.69) is 0 Å². The molecule has 0 amide bonds. The number of carbonyl (C=O) groups excluding carboxylic acids is 3. The monoisotopic (exact) mass is 406 g/mol. The maximum atomic E-state index is 13.4. The molecule has 0 heterocycles. The number of hydrogen-bond acceptors (Lipinski definition) is 4. The topological polar surface area (TPSA) is 60.4 Å². The molecule has 0 bridgehead atoms. The summed E-state index contributed by atoms with van der Waals surface area (Å²) >= 11 is 5.98. The lowest BCUT2D eigenvalue weighted by atomic mass is 9.77. The highest BCUT2D eigenvalue weighted by Crippen LogP contribution is 2.32. The summed E-state index contributed by atoms with van der Waals surface area (Å²) in [5, 5.41) is 0.484. The number of esters is 1. The van der Waals surface area contributed by atoms with Gasteiger partial charge in [0.2, 0.25) is 0 Å². The Bertz CT molecular complexity index is 947. The van der Waals surface area contributed by atoms with Crippen molar-refractivity contribution in [1.29, 1.82) is 0 Å². The maximum absolute atomic E-state index is 13.4. The minimum Gasteiger partial charge on any atom is -0.469 e. The Hall–Kier alpha value is -3.24. The smallest absolute Gasteiger partial charge is 0.314 e. The van der Waals surface area contributed by atoms with Gasteiger partial charge in [0, 0.05) is 16.1 Å². The fourth-order valence-electron chi connectivity index (χ4n) is 3.25. The van der Waals surface area contributed by atoms with Crippen molar-refractivity contribution in [3.63, 3.8) is 0 Å². The summed E-state index contributed by atoms with van der Waals surface area (Å²) in [5.74, 6) is -3.91. The van der Waals surface area contributed by atoms with Crippen LogP contribution in [0.3, 0.4) is 0 Å². The van der Waals surface area contributed by atoms with Gasteiger partial charge in [0.05, 0.1) is 13.0 Å². The van der Waals surface area contributed by atoms with Crippen molar-refractivity contribution in [2.75, 3.05) is 7.11 Å². The van der Waals surface area contributed by atoms with Crippen LogP contribution in [-0.2, 0) is 9.53 Å². The van der Waals surface area contributed by atoms with Gasteiger partial charge in [-0.25, -0.2) is 0 Å². The summed E-state index contributed by atoms with van der Waals surface area (Å²) in [6.07, 6.45) is 0. The third-order valence-electron chi connectivity index (χ3n) is 4.70. The first-order valence-corrected chi connectivity index (χ1v) is 9.42. The molecule has 146 valence electrons. The Morgan fingerprint density at radius 1 is 0.724 bits per heavy atom. The first-order chi connectivity index (χ1) is 14.0. The minimum absolute atomic E-state index is 0.352. The van der Waals surface area contributed by atoms with Crippen LogP contribution in [0.2, 0.25) is 5.02 Å². The Labute approximate surface area is 174 Å². The summed E-state index contributed by atoms with van der Waals surface area (Å²) in [4.78, 5) is 39.6. The summed E-state index contributed by atoms with van der Waals surface area (Å²) in [7, 11) is 1.24. The molecule has 3 aromatic carbocycles. The maximum Gasteiger partial charge on any atom is 0.314 e. The normalized spacial score (nSPS) is 11.7. The summed E-state index contributed by atoms with van der Waals surface area (Å²) in [6.45, 7) is 0. The number of methoxy groups -OCH3 is 1. The molecule has 0 aliphatic carbocycles. The third kappa shape index (κ3) is 4.61. The third-order valence-corrected chi connectivity index (χ3v) is 4.95. The molecule has 1 atom stereocenters. The predicted octanol–water partition coefficient (Wildman–Crippen LogP) is 4.98. The van der Waals surface area contributed by atoms with Crippen LogP contribution in [0.5, 0.6) is 0 Å². The van der Waals surface area contributed by atoms with Crippen LogP contribution in [0, 0.1) is 5.92 Å². The highest BCUT2D eigenvalue weighted by atomic mass is 35.5. The fourth-order valence-corrected chi connectivity index (χ4v) is 3.37. The van der Waals surface area contributed by atoms with E-state index in [0.717, 1.165) is 0 Å². The van der Waals surface area contributed by atoms with Gasteiger partial charge in [-0.1, -0.05) is 84.4 Å². The second-order valence-electron chi connectivity index (χ2n) is 6.49. The first kappa shape index (κ1) is 20.5. The molecular weight excluding hydrogens is 388 g/mol. The van der Waals surface area contributed by atoms with E-state index >= 15 is 0 Å². The van der Waals surface area contributed by atoms with E-state index in [1.807, 2.05) is 0 Å². The molecule has 29 heavy (non-hydrogen) atoms. The lowest BCUT2D eigenvalue weighted by molar-refractivity contribution is -0.143. The predicted molar refractivity (Wildman–Crippen MR) is 111 cm³/mol. The molecule has 0 aromatic heterocycles. The zero-order valence-corrected chi connectivity index (χ0v) is 16.5. The minimum atomic E-state index is -1.27. The number of Topliss-reactive ketones (excluding diaryl/α,β-unsaturated/α-hetero) is 2. The van der Waals surface area contributed by atoms with Crippen molar-refractivity contribution in [3.8, 4) is 0 Å².